The quantitative estimate of drug-likeness (QED) is 0.398. The summed E-state index contributed by atoms with van der Waals surface area (Å²) in [5.74, 6) is 0.218. The van der Waals surface area contributed by atoms with Crippen molar-refractivity contribution in [2.45, 2.75) is 106 Å². The van der Waals surface area contributed by atoms with Crippen molar-refractivity contribution in [1.29, 1.82) is 0 Å². The summed E-state index contributed by atoms with van der Waals surface area (Å²) in [7, 11) is 0. The second-order valence-corrected chi connectivity index (χ2v) is 10.1. The van der Waals surface area contributed by atoms with Crippen molar-refractivity contribution in [1.82, 2.24) is 10.6 Å². The fourth-order valence-corrected chi connectivity index (χ4v) is 4.78. The summed E-state index contributed by atoms with van der Waals surface area (Å²) in [5, 5.41) is 6.42. The Morgan fingerprint density at radius 2 is 1.38 bits per heavy atom. The largest absolute Gasteiger partial charge is 3.00 e. The van der Waals surface area contributed by atoms with Crippen molar-refractivity contribution in [3.05, 3.63) is 20.9 Å². The molecule has 0 spiro atoms. The van der Waals surface area contributed by atoms with E-state index in [1.807, 2.05) is 13.8 Å². The summed E-state index contributed by atoms with van der Waals surface area (Å²) >= 11 is 0. The van der Waals surface area contributed by atoms with Crippen LogP contribution in [0.1, 0.15) is 100 Å². The first-order chi connectivity index (χ1) is 11.9. The molecule has 0 heterocycles. The summed E-state index contributed by atoms with van der Waals surface area (Å²) in [6.45, 7) is 17.8. The van der Waals surface area contributed by atoms with Crippen LogP contribution in [0, 0.1) is 37.1 Å². The average Bonchev–Trinajstić information content (AvgIpc) is 2.44. The molecule has 0 aromatic rings. The van der Waals surface area contributed by atoms with Gasteiger partial charge in [-0.1, -0.05) is 55.4 Å². The normalized spacial score (nSPS) is 19.1. The van der Waals surface area contributed by atoms with Gasteiger partial charge in [-0.15, -0.1) is 6.42 Å². The monoisotopic (exact) mass is 443 g/mol. The van der Waals surface area contributed by atoms with Crippen LogP contribution in [0.4, 0.5) is 0 Å². The van der Waals surface area contributed by atoms with E-state index in [0.29, 0.717) is 12.8 Å². The Labute approximate surface area is 197 Å². The molecule has 1 aliphatic rings. The molecular formula is C24H47N2O2Ti. The molecule has 1 atom stereocenters. The minimum atomic E-state index is -0.00274. The topological polar surface area (TPSA) is 58.2 Å². The standard InChI is InChI=1S/C22H41N2O2.2CH3.Ti/c1-9-11-18(25)23-16-13-17(24-19(26)12-10-2)15-22(14-16,20(3,4)5)21(6,7)8;;;/h16H,9-15H2,1-8H3,(H,23,25)(H,24,26);2*1H3;/q3*-1;+3. The molecule has 0 bridgehead atoms. The van der Waals surface area contributed by atoms with E-state index in [0.717, 1.165) is 38.1 Å². The number of hydrogen-bond donors (Lipinski definition) is 2. The van der Waals surface area contributed by atoms with Gasteiger partial charge in [0.15, 0.2) is 5.91 Å². The molecule has 1 unspecified atom stereocenters. The predicted molar refractivity (Wildman–Crippen MR) is 121 cm³/mol. The van der Waals surface area contributed by atoms with Crippen LogP contribution in [-0.2, 0) is 31.3 Å². The summed E-state index contributed by atoms with van der Waals surface area (Å²) in [6, 6.07) is 1.17. The number of nitrogens with one attached hydrogen (secondary N) is 2. The van der Waals surface area contributed by atoms with Crippen molar-refractivity contribution >= 4 is 11.8 Å². The fraction of sp³-hybridized carbons (Fsp3) is 0.792. The van der Waals surface area contributed by atoms with Gasteiger partial charge in [-0.25, -0.2) is 6.04 Å². The molecule has 5 heteroatoms. The smallest absolute Gasteiger partial charge is 0.503 e. The molecule has 1 radical (unpaired) electrons. The van der Waals surface area contributed by atoms with Gasteiger partial charge in [0.1, 0.15) is 0 Å². The third kappa shape index (κ3) is 8.73. The minimum absolute atomic E-state index is 0. The summed E-state index contributed by atoms with van der Waals surface area (Å²) in [4.78, 5) is 24.5. The molecule has 1 rings (SSSR count). The summed E-state index contributed by atoms with van der Waals surface area (Å²) in [5.41, 5.74) is 0.109. The number of carbonyl (C=O) groups is 2. The molecular weight excluding hydrogens is 396 g/mol. The van der Waals surface area contributed by atoms with Gasteiger partial charge in [0.2, 0.25) is 5.91 Å². The van der Waals surface area contributed by atoms with Crippen molar-refractivity contribution in [3.8, 4) is 0 Å². The summed E-state index contributed by atoms with van der Waals surface area (Å²) < 4.78 is 0. The van der Waals surface area contributed by atoms with Crippen LogP contribution < -0.4 is 10.6 Å². The van der Waals surface area contributed by atoms with Crippen LogP contribution in [0.3, 0.4) is 0 Å². The SMILES string of the molecule is CCCC(=O)N[C-]1CC(NC(=O)CCC)CC(C(C)(C)C)(C(C)(C)C)C1.[CH3-].[CH3-].[Ti+3]. The van der Waals surface area contributed by atoms with E-state index >= 15 is 0 Å². The Bertz CT molecular complexity index is 448. The summed E-state index contributed by atoms with van der Waals surface area (Å²) in [6.07, 6.45) is 5.39. The molecule has 1 fully saturated rings. The van der Waals surface area contributed by atoms with Crippen molar-refractivity contribution in [3.63, 3.8) is 0 Å². The van der Waals surface area contributed by atoms with Crippen LogP contribution in [0.5, 0.6) is 0 Å². The third-order valence-corrected chi connectivity index (χ3v) is 6.11. The molecule has 169 valence electrons. The third-order valence-electron chi connectivity index (χ3n) is 6.11. The van der Waals surface area contributed by atoms with E-state index in [9.17, 15) is 9.59 Å². The van der Waals surface area contributed by atoms with Gasteiger partial charge >= 0.3 is 21.7 Å². The second kappa shape index (κ2) is 13.1. The van der Waals surface area contributed by atoms with Crippen LogP contribution >= 0.6 is 0 Å². The predicted octanol–water partition coefficient (Wildman–Crippen LogP) is 5.88. The van der Waals surface area contributed by atoms with E-state index in [-0.39, 0.29) is 70.7 Å². The van der Waals surface area contributed by atoms with E-state index in [1.165, 1.54) is 0 Å². The van der Waals surface area contributed by atoms with Crippen LogP contribution in [0.15, 0.2) is 0 Å². The Kier molecular flexibility index (Phi) is 15.1. The van der Waals surface area contributed by atoms with Crippen molar-refractivity contribution in [2.75, 3.05) is 0 Å². The maximum atomic E-state index is 12.2. The van der Waals surface area contributed by atoms with E-state index in [4.69, 9.17) is 0 Å². The Morgan fingerprint density at radius 1 is 0.931 bits per heavy atom. The maximum absolute atomic E-state index is 12.2. The minimum Gasteiger partial charge on any atom is -0.503 e. The Balaban J connectivity index is -0.00000225. The first-order valence-corrected chi connectivity index (χ1v) is 10.3. The van der Waals surface area contributed by atoms with Gasteiger partial charge in [0.05, 0.1) is 0 Å². The molecule has 1 aliphatic carbocycles. The molecule has 2 amide bonds. The van der Waals surface area contributed by atoms with E-state index in [2.05, 4.69) is 52.2 Å². The second-order valence-electron chi connectivity index (χ2n) is 10.1. The number of carbonyl (C=O) groups excluding carboxylic acids is 2. The average molecular weight is 444 g/mol. The van der Waals surface area contributed by atoms with Gasteiger partial charge in [-0.3, -0.25) is 9.59 Å². The van der Waals surface area contributed by atoms with Gasteiger partial charge in [0.25, 0.3) is 0 Å². The molecule has 0 aliphatic heterocycles. The van der Waals surface area contributed by atoms with Crippen LogP contribution in [0.25, 0.3) is 0 Å². The van der Waals surface area contributed by atoms with Gasteiger partial charge in [-0.05, 0) is 35.5 Å². The van der Waals surface area contributed by atoms with E-state index < -0.39 is 0 Å². The number of rotatable bonds is 6. The van der Waals surface area contributed by atoms with Crippen LogP contribution in [0.2, 0.25) is 0 Å². The fourth-order valence-electron chi connectivity index (χ4n) is 4.78. The zero-order valence-electron chi connectivity index (χ0n) is 20.8. The molecule has 2 N–H and O–H groups in total. The first kappa shape index (κ1) is 33.3. The van der Waals surface area contributed by atoms with E-state index in [1.54, 1.807) is 0 Å². The zero-order chi connectivity index (χ0) is 20.2. The molecule has 0 saturated heterocycles. The Hall–Kier alpha value is -0.346. The van der Waals surface area contributed by atoms with Gasteiger partial charge in [-0.2, -0.15) is 6.42 Å². The number of amides is 2. The molecule has 4 nitrogen and oxygen atoms in total. The van der Waals surface area contributed by atoms with Crippen molar-refractivity contribution < 1.29 is 31.3 Å². The first-order valence-electron chi connectivity index (χ1n) is 10.3. The molecule has 0 aromatic carbocycles. The van der Waals surface area contributed by atoms with Crippen molar-refractivity contribution in [2.24, 2.45) is 16.2 Å². The van der Waals surface area contributed by atoms with Gasteiger partial charge < -0.3 is 25.5 Å². The zero-order valence-corrected chi connectivity index (χ0v) is 22.4. The Morgan fingerprint density at radius 3 is 1.79 bits per heavy atom. The molecule has 1 saturated carbocycles. The molecule has 0 aromatic heterocycles. The maximum Gasteiger partial charge on any atom is 3.00 e. The number of hydrogen-bond acceptors (Lipinski definition) is 2. The van der Waals surface area contributed by atoms with Crippen LogP contribution in [-0.4, -0.2) is 17.9 Å². The molecule has 29 heavy (non-hydrogen) atoms. The van der Waals surface area contributed by atoms with Gasteiger partial charge in [0, 0.05) is 18.9 Å².